The molecule has 0 aliphatic heterocycles. The lowest BCUT2D eigenvalue weighted by Crippen LogP contribution is -2.04. The SMILES string of the molecule is CCCc1nccn1-c1ncccc1C. The number of aryl methyl sites for hydroxylation is 2. The zero-order chi connectivity index (χ0) is 10.7. The molecule has 0 amide bonds. The van der Waals surface area contributed by atoms with Crippen LogP contribution in [-0.2, 0) is 6.42 Å². The molecule has 0 spiro atoms. The molecule has 3 heteroatoms. The molecule has 0 aromatic carbocycles. The van der Waals surface area contributed by atoms with Crippen LogP contribution in [0.15, 0.2) is 30.7 Å². The topological polar surface area (TPSA) is 30.7 Å². The van der Waals surface area contributed by atoms with E-state index in [-0.39, 0.29) is 0 Å². The van der Waals surface area contributed by atoms with Crippen molar-refractivity contribution in [3.05, 3.63) is 42.1 Å². The fourth-order valence-corrected chi connectivity index (χ4v) is 1.67. The zero-order valence-corrected chi connectivity index (χ0v) is 9.14. The van der Waals surface area contributed by atoms with Crippen LogP contribution in [0, 0.1) is 6.92 Å². The lowest BCUT2D eigenvalue weighted by atomic mass is 10.2. The molecule has 0 radical (unpaired) electrons. The third kappa shape index (κ3) is 1.91. The van der Waals surface area contributed by atoms with Crippen molar-refractivity contribution in [2.24, 2.45) is 0 Å². The Morgan fingerprint density at radius 1 is 1.27 bits per heavy atom. The first kappa shape index (κ1) is 9.90. The van der Waals surface area contributed by atoms with Gasteiger partial charge in [0.1, 0.15) is 11.6 Å². The van der Waals surface area contributed by atoms with Gasteiger partial charge in [-0.15, -0.1) is 0 Å². The second-order valence-electron chi connectivity index (χ2n) is 3.61. The highest BCUT2D eigenvalue weighted by atomic mass is 15.1. The molecule has 2 aromatic heterocycles. The number of nitrogens with zero attached hydrogens (tertiary/aromatic N) is 3. The number of rotatable bonds is 3. The van der Waals surface area contributed by atoms with Gasteiger partial charge < -0.3 is 0 Å². The molecule has 0 N–H and O–H groups in total. The van der Waals surface area contributed by atoms with Crippen LogP contribution in [0.3, 0.4) is 0 Å². The van der Waals surface area contributed by atoms with E-state index in [1.807, 2.05) is 24.7 Å². The molecule has 0 saturated carbocycles. The van der Waals surface area contributed by atoms with Crippen LogP contribution in [0.25, 0.3) is 5.82 Å². The van der Waals surface area contributed by atoms with Gasteiger partial charge in [-0.25, -0.2) is 9.97 Å². The number of hydrogen-bond acceptors (Lipinski definition) is 2. The number of pyridine rings is 1. The van der Waals surface area contributed by atoms with E-state index in [0.717, 1.165) is 24.5 Å². The minimum Gasteiger partial charge on any atom is -0.288 e. The first-order chi connectivity index (χ1) is 7.33. The van der Waals surface area contributed by atoms with Gasteiger partial charge in [0.15, 0.2) is 0 Å². The van der Waals surface area contributed by atoms with Crippen molar-refractivity contribution in [1.82, 2.24) is 14.5 Å². The minimum atomic E-state index is 0.985. The molecule has 0 aliphatic carbocycles. The number of imidazole rings is 1. The molecule has 2 rings (SSSR count). The molecular weight excluding hydrogens is 186 g/mol. The third-order valence-electron chi connectivity index (χ3n) is 2.40. The molecule has 0 unspecified atom stereocenters. The maximum absolute atomic E-state index is 4.39. The van der Waals surface area contributed by atoms with E-state index >= 15 is 0 Å². The van der Waals surface area contributed by atoms with Gasteiger partial charge in [-0.3, -0.25) is 4.57 Å². The lowest BCUT2D eigenvalue weighted by Gasteiger charge is -2.08. The van der Waals surface area contributed by atoms with Crippen LogP contribution in [0.4, 0.5) is 0 Å². The van der Waals surface area contributed by atoms with E-state index in [2.05, 4.69) is 34.4 Å². The predicted octanol–water partition coefficient (Wildman–Crippen LogP) is 2.53. The highest BCUT2D eigenvalue weighted by Gasteiger charge is 2.06. The average molecular weight is 201 g/mol. The van der Waals surface area contributed by atoms with Crippen LogP contribution in [0.5, 0.6) is 0 Å². The van der Waals surface area contributed by atoms with Crippen LogP contribution in [0.2, 0.25) is 0 Å². The Morgan fingerprint density at radius 3 is 2.87 bits per heavy atom. The van der Waals surface area contributed by atoms with Crippen molar-refractivity contribution in [3.8, 4) is 5.82 Å². The van der Waals surface area contributed by atoms with Crippen LogP contribution < -0.4 is 0 Å². The van der Waals surface area contributed by atoms with Crippen molar-refractivity contribution in [2.75, 3.05) is 0 Å². The first-order valence-electron chi connectivity index (χ1n) is 5.27. The van der Waals surface area contributed by atoms with Crippen LogP contribution in [0.1, 0.15) is 24.7 Å². The third-order valence-corrected chi connectivity index (χ3v) is 2.40. The molecule has 78 valence electrons. The summed E-state index contributed by atoms with van der Waals surface area (Å²) in [5.74, 6) is 2.07. The molecular formula is C12H15N3. The quantitative estimate of drug-likeness (QED) is 0.764. The van der Waals surface area contributed by atoms with E-state index < -0.39 is 0 Å². The Balaban J connectivity index is 2.45. The average Bonchev–Trinajstić information content (AvgIpc) is 2.67. The Bertz CT molecular complexity index is 446. The van der Waals surface area contributed by atoms with Gasteiger partial charge in [0, 0.05) is 25.0 Å². The zero-order valence-electron chi connectivity index (χ0n) is 9.14. The van der Waals surface area contributed by atoms with Gasteiger partial charge in [0.25, 0.3) is 0 Å². The van der Waals surface area contributed by atoms with Crippen molar-refractivity contribution in [1.29, 1.82) is 0 Å². The fourth-order valence-electron chi connectivity index (χ4n) is 1.67. The van der Waals surface area contributed by atoms with Crippen molar-refractivity contribution in [2.45, 2.75) is 26.7 Å². The summed E-state index contributed by atoms with van der Waals surface area (Å²) in [5.41, 5.74) is 1.17. The number of aromatic nitrogens is 3. The fraction of sp³-hybridized carbons (Fsp3) is 0.333. The second kappa shape index (κ2) is 4.26. The molecule has 0 atom stereocenters. The highest BCUT2D eigenvalue weighted by Crippen LogP contribution is 2.13. The van der Waals surface area contributed by atoms with Gasteiger partial charge in [-0.2, -0.15) is 0 Å². The molecule has 3 nitrogen and oxygen atoms in total. The predicted molar refractivity (Wildman–Crippen MR) is 60.1 cm³/mol. The summed E-state index contributed by atoms with van der Waals surface area (Å²) < 4.78 is 2.07. The molecule has 0 fully saturated rings. The molecule has 0 bridgehead atoms. The molecule has 2 heterocycles. The van der Waals surface area contributed by atoms with Gasteiger partial charge in [0.2, 0.25) is 0 Å². The van der Waals surface area contributed by atoms with E-state index in [1.54, 1.807) is 0 Å². The summed E-state index contributed by atoms with van der Waals surface area (Å²) in [6, 6.07) is 4.02. The molecule has 0 aliphatic rings. The maximum atomic E-state index is 4.39. The summed E-state index contributed by atoms with van der Waals surface area (Å²) in [7, 11) is 0. The maximum Gasteiger partial charge on any atom is 0.140 e. The van der Waals surface area contributed by atoms with E-state index in [0.29, 0.717) is 0 Å². The summed E-state index contributed by atoms with van der Waals surface area (Å²) >= 11 is 0. The number of hydrogen-bond donors (Lipinski definition) is 0. The molecule has 2 aromatic rings. The van der Waals surface area contributed by atoms with Gasteiger partial charge in [0.05, 0.1) is 0 Å². The lowest BCUT2D eigenvalue weighted by molar-refractivity contribution is 0.795. The summed E-state index contributed by atoms with van der Waals surface area (Å²) in [6.07, 6.45) is 7.71. The normalized spacial score (nSPS) is 10.5. The highest BCUT2D eigenvalue weighted by molar-refractivity contribution is 5.33. The molecule has 0 saturated heterocycles. The minimum absolute atomic E-state index is 0.985. The monoisotopic (exact) mass is 201 g/mol. The van der Waals surface area contributed by atoms with Crippen molar-refractivity contribution in [3.63, 3.8) is 0 Å². The summed E-state index contributed by atoms with van der Waals surface area (Å²) in [4.78, 5) is 8.73. The van der Waals surface area contributed by atoms with Gasteiger partial charge >= 0.3 is 0 Å². The van der Waals surface area contributed by atoms with E-state index in [1.165, 1.54) is 5.56 Å². The largest absolute Gasteiger partial charge is 0.288 e. The Kier molecular flexibility index (Phi) is 2.81. The first-order valence-corrected chi connectivity index (χ1v) is 5.27. The van der Waals surface area contributed by atoms with E-state index in [4.69, 9.17) is 0 Å². The Morgan fingerprint density at radius 2 is 2.13 bits per heavy atom. The Labute approximate surface area is 89.8 Å². The van der Waals surface area contributed by atoms with Crippen molar-refractivity contribution >= 4 is 0 Å². The van der Waals surface area contributed by atoms with Gasteiger partial charge in [-0.05, 0) is 25.0 Å². The van der Waals surface area contributed by atoms with Crippen LogP contribution >= 0.6 is 0 Å². The standard InChI is InChI=1S/C12H15N3/c1-3-5-11-13-8-9-15(11)12-10(2)6-4-7-14-12/h4,6-9H,3,5H2,1-2H3. The summed E-state index contributed by atoms with van der Waals surface area (Å²) in [5, 5.41) is 0. The van der Waals surface area contributed by atoms with Gasteiger partial charge in [-0.1, -0.05) is 13.0 Å². The second-order valence-corrected chi connectivity index (χ2v) is 3.61. The van der Waals surface area contributed by atoms with Crippen molar-refractivity contribution < 1.29 is 0 Å². The van der Waals surface area contributed by atoms with Crippen LogP contribution in [-0.4, -0.2) is 14.5 Å². The smallest absolute Gasteiger partial charge is 0.140 e. The Hall–Kier alpha value is -1.64. The van der Waals surface area contributed by atoms with E-state index in [9.17, 15) is 0 Å². The summed E-state index contributed by atoms with van der Waals surface area (Å²) in [6.45, 7) is 4.22. The molecule has 15 heavy (non-hydrogen) atoms.